The number of benzene rings is 3. The van der Waals surface area contributed by atoms with Crippen LogP contribution in [0.1, 0.15) is 12.0 Å². The third-order valence-corrected chi connectivity index (χ3v) is 5.42. The van der Waals surface area contributed by atoms with E-state index in [1.807, 2.05) is 91.0 Å². The number of aliphatic imine (C=N–C) groups is 1. The van der Waals surface area contributed by atoms with E-state index in [9.17, 15) is 4.79 Å². The van der Waals surface area contributed by atoms with Crippen LogP contribution < -0.4 is 10.6 Å². The van der Waals surface area contributed by atoms with Gasteiger partial charge in [0.2, 0.25) is 0 Å². The van der Waals surface area contributed by atoms with Crippen LogP contribution >= 0.6 is 0 Å². The van der Waals surface area contributed by atoms with Gasteiger partial charge >= 0.3 is 0 Å². The smallest absolute Gasteiger partial charge is 0.269 e. The van der Waals surface area contributed by atoms with E-state index in [-0.39, 0.29) is 5.91 Å². The summed E-state index contributed by atoms with van der Waals surface area (Å²) in [5.41, 5.74) is 4.18. The second-order valence-electron chi connectivity index (χ2n) is 7.76. The van der Waals surface area contributed by atoms with Crippen LogP contribution in [-0.2, 0) is 11.3 Å². The number of nitrogens with zero attached hydrogens (tertiary/aromatic N) is 3. The lowest BCUT2D eigenvalue weighted by atomic mass is 10.1. The summed E-state index contributed by atoms with van der Waals surface area (Å²) >= 11 is 0. The molecule has 2 heterocycles. The van der Waals surface area contributed by atoms with Crippen LogP contribution in [0, 0.1) is 0 Å². The summed E-state index contributed by atoms with van der Waals surface area (Å²) in [5.74, 6) is 1.19. The van der Waals surface area contributed by atoms with E-state index in [1.54, 1.807) is 0 Å². The second-order valence-corrected chi connectivity index (χ2v) is 7.76. The van der Waals surface area contributed by atoms with Crippen molar-refractivity contribution in [3.63, 3.8) is 0 Å². The molecule has 0 saturated carbocycles. The lowest BCUT2D eigenvalue weighted by Crippen LogP contribution is -2.31. The Morgan fingerprint density at radius 3 is 2.39 bits per heavy atom. The lowest BCUT2D eigenvalue weighted by molar-refractivity contribution is -0.114. The molecule has 6 nitrogen and oxygen atoms in total. The number of hydrogen-bond acceptors (Lipinski definition) is 5. The van der Waals surface area contributed by atoms with E-state index in [1.165, 1.54) is 0 Å². The van der Waals surface area contributed by atoms with Gasteiger partial charge in [-0.1, -0.05) is 72.8 Å². The van der Waals surface area contributed by atoms with Crippen LogP contribution in [0.2, 0.25) is 0 Å². The Morgan fingerprint density at radius 1 is 0.848 bits per heavy atom. The van der Waals surface area contributed by atoms with Gasteiger partial charge in [0, 0.05) is 36.2 Å². The number of para-hydroxylation sites is 1. The standard InChI is InChI=1S/C27H23N5O/c33-27(29-18-19-9-3-1-4-10-19)24-17-21(15-16-28-24)30-26-22-13-7-8-14-23(22)31-25(32-26)20-11-5-2-6-12-20/h1-14,17H,15-16,18H2,(H,29,33)(H,30,31,32). The fourth-order valence-corrected chi connectivity index (χ4v) is 3.72. The third kappa shape index (κ3) is 4.80. The molecule has 1 aromatic heterocycles. The van der Waals surface area contributed by atoms with Gasteiger partial charge in [-0.15, -0.1) is 0 Å². The fourth-order valence-electron chi connectivity index (χ4n) is 3.72. The molecule has 162 valence electrons. The minimum atomic E-state index is -0.185. The van der Waals surface area contributed by atoms with Gasteiger partial charge < -0.3 is 10.6 Å². The molecule has 0 atom stereocenters. The molecule has 3 aromatic carbocycles. The highest BCUT2D eigenvalue weighted by Gasteiger charge is 2.16. The predicted molar refractivity (Wildman–Crippen MR) is 132 cm³/mol. The maximum atomic E-state index is 12.7. The molecule has 1 amide bonds. The van der Waals surface area contributed by atoms with Gasteiger partial charge in [0.05, 0.1) is 5.52 Å². The molecule has 0 radical (unpaired) electrons. The molecule has 0 spiro atoms. The molecule has 6 heteroatoms. The van der Waals surface area contributed by atoms with Gasteiger partial charge in [-0.3, -0.25) is 9.79 Å². The zero-order chi connectivity index (χ0) is 22.5. The van der Waals surface area contributed by atoms with Crippen molar-refractivity contribution < 1.29 is 4.79 Å². The number of rotatable bonds is 6. The number of nitrogens with one attached hydrogen (secondary N) is 2. The summed E-state index contributed by atoms with van der Waals surface area (Å²) in [7, 11) is 0. The predicted octanol–water partition coefficient (Wildman–Crippen LogP) is 4.75. The van der Waals surface area contributed by atoms with Gasteiger partial charge in [0.15, 0.2) is 5.82 Å². The molecule has 33 heavy (non-hydrogen) atoms. The van der Waals surface area contributed by atoms with Crippen molar-refractivity contribution >= 4 is 28.3 Å². The van der Waals surface area contributed by atoms with E-state index >= 15 is 0 Å². The Morgan fingerprint density at radius 2 is 1.58 bits per heavy atom. The Kier molecular flexibility index (Phi) is 5.89. The minimum Gasteiger partial charge on any atom is -0.347 e. The Labute approximate surface area is 192 Å². The topological polar surface area (TPSA) is 79.3 Å². The highest BCUT2D eigenvalue weighted by molar-refractivity contribution is 6.43. The number of carbonyl (C=O) groups is 1. The molecule has 0 aliphatic carbocycles. The number of hydrogen-bond donors (Lipinski definition) is 2. The second kappa shape index (κ2) is 9.44. The van der Waals surface area contributed by atoms with E-state index in [0.717, 1.165) is 33.5 Å². The van der Waals surface area contributed by atoms with Gasteiger partial charge in [-0.25, -0.2) is 9.97 Å². The Hall–Kier alpha value is -4.32. The molecule has 1 aliphatic heterocycles. The van der Waals surface area contributed by atoms with Crippen LogP contribution in [-0.4, -0.2) is 28.1 Å². The van der Waals surface area contributed by atoms with Crippen molar-refractivity contribution in [1.29, 1.82) is 0 Å². The van der Waals surface area contributed by atoms with Crippen molar-refractivity contribution in [1.82, 2.24) is 15.3 Å². The first-order valence-corrected chi connectivity index (χ1v) is 10.9. The van der Waals surface area contributed by atoms with Crippen molar-refractivity contribution in [3.8, 4) is 11.4 Å². The van der Waals surface area contributed by atoms with Gasteiger partial charge in [-0.2, -0.15) is 0 Å². The average Bonchev–Trinajstić information content (AvgIpc) is 2.88. The molecular formula is C27H23N5O. The maximum absolute atomic E-state index is 12.7. The van der Waals surface area contributed by atoms with Crippen LogP contribution in [0.15, 0.2) is 102 Å². The zero-order valence-electron chi connectivity index (χ0n) is 18.0. The largest absolute Gasteiger partial charge is 0.347 e. The summed E-state index contributed by atoms with van der Waals surface area (Å²) in [6.45, 7) is 1.01. The van der Waals surface area contributed by atoms with Crippen LogP contribution in [0.5, 0.6) is 0 Å². The molecule has 0 fully saturated rings. The number of carbonyl (C=O) groups excluding carboxylic acids is 1. The number of dihydropyridines is 1. The first-order valence-electron chi connectivity index (χ1n) is 10.9. The molecule has 0 bridgehead atoms. The van der Waals surface area contributed by atoms with Crippen molar-refractivity contribution in [3.05, 3.63) is 102 Å². The molecule has 0 unspecified atom stereocenters. The molecule has 2 N–H and O–H groups in total. The van der Waals surface area contributed by atoms with E-state index in [2.05, 4.69) is 15.6 Å². The van der Waals surface area contributed by atoms with Crippen LogP contribution in [0.3, 0.4) is 0 Å². The summed E-state index contributed by atoms with van der Waals surface area (Å²) < 4.78 is 0. The monoisotopic (exact) mass is 433 g/mol. The van der Waals surface area contributed by atoms with Crippen LogP contribution in [0.4, 0.5) is 5.82 Å². The summed E-state index contributed by atoms with van der Waals surface area (Å²) in [5, 5.41) is 7.31. The number of aromatic nitrogens is 2. The highest BCUT2D eigenvalue weighted by atomic mass is 16.1. The average molecular weight is 434 g/mol. The van der Waals surface area contributed by atoms with E-state index < -0.39 is 0 Å². The van der Waals surface area contributed by atoms with Crippen molar-refractivity contribution in [2.24, 2.45) is 4.99 Å². The Bertz CT molecular complexity index is 1350. The minimum absolute atomic E-state index is 0.185. The highest BCUT2D eigenvalue weighted by Crippen LogP contribution is 2.26. The summed E-state index contributed by atoms with van der Waals surface area (Å²) in [6, 6.07) is 27.7. The number of fused-ring (bicyclic) bond motifs is 1. The van der Waals surface area contributed by atoms with E-state index in [0.29, 0.717) is 31.0 Å². The van der Waals surface area contributed by atoms with Gasteiger partial charge in [0.1, 0.15) is 11.5 Å². The SMILES string of the molecule is O=C(NCc1ccccc1)C1=NCCC(Nc2nc(-c3ccccc3)nc3ccccc23)=C1. The molecule has 4 aromatic rings. The fraction of sp³-hybridized carbons (Fsp3) is 0.111. The first kappa shape index (κ1) is 20.6. The molecule has 0 saturated heterocycles. The number of amides is 1. The van der Waals surface area contributed by atoms with Gasteiger partial charge in [-0.05, 0) is 23.8 Å². The molecule has 1 aliphatic rings. The normalized spacial score (nSPS) is 13.2. The zero-order valence-corrected chi connectivity index (χ0v) is 18.0. The summed E-state index contributed by atoms with van der Waals surface area (Å²) in [6.07, 6.45) is 2.51. The third-order valence-electron chi connectivity index (χ3n) is 5.42. The van der Waals surface area contributed by atoms with Crippen LogP contribution in [0.25, 0.3) is 22.3 Å². The maximum Gasteiger partial charge on any atom is 0.269 e. The van der Waals surface area contributed by atoms with Gasteiger partial charge in [0.25, 0.3) is 5.91 Å². The molecular weight excluding hydrogens is 410 g/mol. The number of anilines is 1. The summed E-state index contributed by atoms with van der Waals surface area (Å²) in [4.78, 5) is 26.6. The van der Waals surface area contributed by atoms with Crippen molar-refractivity contribution in [2.75, 3.05) is 11.9 Å². The van der Waals surface area contributed by atoms with E-state index in [4.69, 9.17) is 9.97 Å². The van der Waals surface area contributed by atoms with Crippen molar-refractivity contribution in [2.45, 2.75) is 13.0 Å². The Balaban J connectivity index is 1.39. The quantitative estimate of drug-likeness (QED) is 0.460. The lowest BCUT2D eigenvalue weighted by Gasteiger charge is -2.17. The first-order chi connectivity index (χ1) is 16.3. The molecule has 5 rings (SSSR count).